The zero-order valence-corrected chi connectivity index (χ0v) is 26.3. The van der Waals surface area contributed by atoms with Gasteiger partial charge in [0.05, 0.1) is 34.9 Å². The number of aryl methyl sites for hydroxylation is 1. The van der Waals surface area contributed by atoms with Crippen LogP contribution >= 0.6 is 11.3 Å². The van der Waals surface area contributed by atoms with Crippen LogP contribution in [0.2, 0.25) is 0 Å². The lowest BCUT2D eigenvalue weighted by Gasteiger charge is -2.60. The molecule has 0 aliphatic heterocycles. The van der Waals surface area contributed by atoms with E-state index in [0.29, 0.717) is 23.4 Å². The first-order chi connectivity index (χ1) is 21.5. The number of aliphatic hydroxyl groups excluding tert-OH is 1. The molecule has 1 aromatic carbocycles. The van der Waals surface area contributed by atoms with Crippen LogP contribution in [0, 0.1) is 52.7 Å². The summed E-state index contributed by atoms with van der Waals surface area (Å²) in [6, 6.07) is 8.15. The number of hydrogen-bond acceptors (Lipinski definition) is 9. The Balaban J connectivity index is 1.23. The van der Waals surface area contributed by atoms with Crippen LogP contribution < -0.4 is 0 Å². The number of fused-ring (bicyclic) bond motifs is 6. The number of nitriles is 1. The molecule has 4 aliphatic rings. The molecule has 3 saturated carbocycles. The summed E-state index contributed by atoms with van der Waals surface area (Å²) in [5, 5.41) is 25.9. The predicted octanol–water partition coefficient (Wildman–Crippen LogP) is 5.59. The topological polar surface area (TPSA) is 127 Å². The van der Waals surface area contributed by atoms with E-state index in [-0.39, 0.29) is 41.8 Å². The Morgan fingerprint density at radius 1 is 1.24 bits per heavy atom. The molecule has 2 aromatic heterocycles. The minimum Gasteiger partial charge on any atom is -0.447 e. The standard InChI is InChI=1S/C34H35FN4O5S/c1-19-29(45-18-37-19)30(41)44-34(31(42)43-13-12-36)11-10-25-24-9-4-21-14-26-20(17-38-39(26)23-7-5-22(35)6-8-23)15-32(21,2)28(24)27(40)16-33(25,34)3/h5-8,14,17-18,24-25,27-28,40H,4,9-11,13,15-16H2,1-3H3/t24-,25-,27-,28+,32-,33-,34-/m0/s1. The van der Waals surface area contributed by atoms with Gasteiger partial charge in [-0.15, -0.1) is 11.3 Å². The number of halogens is 1. The van der Waals surface area contributed by atoms with Crippen molar-refractivity contribution < 1.29 is 28.6 Å². The van der Waals surface area contributed by atoms with Gasteiger partial charge in [0.25, 0.3) is 0 Å². The Morgan fingerprint density at radius 2 is 2.02 bits per heavy atom. The van der Waals surface area contributed by atoms with Gasteiger partial charge in [-0.25, -0.2) is 23.6 Å². The first-order valence-electron chi connectivity index (χ1n) is 15.4. The number of carbonyl (C=O) groups is 2. The number of ether oxygens (including phenoxy) is 2. The molecular weight excluding hydrogens is 595 g/mol. The molecule has 9 nitrogen and oxygen atoms in total. The SMILES string of the molecule is Cc1ncsc1C(=O)O[C@]1(C(=O)OCC#N)CC[C@H]2[C@@H]3CCC4=Cc5c(cnn5-c5ccc(F)cc5)C[C@]4(C)[C@H]3[C@@H](O)C[C@@]21C. The fraction of sp³-hybridized carbons (Fsp3) is 0.500. The fourth-order valence-corrected chi connectivity index (χ4v) is 10.1. The Bertz CT molecular complexity index is 1760. The lowest BCUT2D eigenvalue weighted by Crippen LogP contribution is -2.63. The summed E-state index contributed by atoms with van der Waals surface area (Å²) in [6.45, 7) is 5.45. The average molecular weight is 631 g/mol. The molecule has 0 unspecified atom stereocenters. The highest BCUT2D eigenvalue weighted by molar-refractivity contribution is 7.11. The van der Waals surface area contributed by atoms with Crippen molar-refractivity contribution in [3.63, 3.8) is 0 Å². The van der Waals surface area contributed by atoms with Crippen molar-refractivity contribution in [2.24, 2.45) is 28.6 Å². The summed E-state index contributed by atoms with van der Waals surface area (Å²) in [7, 11) is 0. The number of allylic oxidation sites excluding steroid dienone is 1. The van der Waals surface area contributed by atoms with E-state index in [9.17, 15) is 24.3 Å². The quantitative estimate of drug-likeness (QED) is 0.362. The second kappa shape index (κ2) is 10.6. The van der Waals surface area contributed by atoms with Gasteiger partial charge in [-0.2, -0.15) is 10.4 Å². The number of hydrogen-bond donors (Lipinski definition) is 1. The molecule has 0 amide bonds. The molecule has 3 aromatic rings. The molecule has 3 fully saturated rings. The summed E-state index contributed by atoms with van der Waals surface area (Å²) in [5.41, 5.74) is 3.30. The van der Waals surface area contributed by atoms with Crippen molar-refractivity contribution in [1.29, 1.82) is 5.26 Å². The highest BCUT2D eigenvalue weighted by atomic mass is 32.1. The van der Waals surface area contributed by atoms with Crippen LogP contribution in [-0.4, -0.2) is 50.1 Å². The minimum atomic E-state index is -1.64. The van der Waals surface area contributed by atoms with Crippen molar-refractivity contribution in [3.8, 4) is 11.8 Å². The average Bonchev–Trinajstić information content (AvgIpc) is 3.70. The zero-order valence-electron chi connectivity index (χ0n) is 25.5. The number of carbonyl (C=O) groups excluding carboxylic acids is 2. The maximum absolute atomic E-state index is 13.8. The van der Waals surface area contributed by atoms with Gasteiger partial charge in [0, 0.05) is 5.41 Å². The number of rotatable bonds is 5. The normalized spacial score (nSPS) is 33.1. The second-order valence-electron chi connectivity index (χ2n) is 13.5. The van der Waals surface area contributed by atoms with Crippen LogP contribution in [0.4, 0.5) is 4.39 Å². The van der Waals surface area contributed by atoms with Gasteiger partial charge in [-0.1, -0.05) is 19.4 Å². The van der Waals surface area contributed by atoms with Crippen LogP contribution in [0.25, 0.3) is 11.8 Å². The van der Waals surface area contributed by atoms with Crippen LogP contribution in [-0.2, 0) is 20.7 Å². The van der Waals surface area contributed by atoms with E-state index >= 15 is 0 Å². The molecule has 0 saturated heterocycles. The van der Waals surface area contributed by atoms with Crippen molar-refractivity contribution in [2.45, 2.75) is 71.0 Å². The number of nitrogens with zero attached hydrogens (tertiary/aromatic N) is 4. The molecule has 1 N–H and O–H groups in total. The third kappa shape index (κ3) is 4.32. The Hall–Kier alpha value is -3.88. The summed E-state index contributed by atoms with van der Waals surface area (Å²) in [5.74, 6) is -1.69. The van der Waals surface area contributed by atoms with Gasteiger partial charge in [-0.05, 0) is 105 Å². The van der Waals surface area contributed by atoms with E-state index in [0.717, 1.165) is 41.1 Å². The van der Waals surface area contributed by atoms with Crippen molar-refractivity contribution in [3.05, 3.63) is 69.2 Å². The van der Waals surface area contributed by atoms with Gasteiger partial charge in [-0.3, -0.25) is 0 Å². The van der Waals surface area contributed by atoms with Gasteiger partial charge < -0.3 is 14.6 Å². The monoisotopic (exact) mass is 630 g/mol. The van der Waals surface area contributed by atoms with E-state index in [1.165, 1.54) is 17.7 Å². The lowest BCUT2D eigenvalue weighted by molar-refractivity contribution is -0.198. The van der Waals surface area contributed by atoms with E-state index in [4.69, 9.17) is 9.47 Å². The number of thiazole rings is 1. The minimum absolute atomic E-state index is 0.0161. The van der Waals surface area contributed by atoms with Crippen LogP contribution in [0.1, 0.15) is 72.6 Å². The van der Waals surface area contributed by atoms with Crippen LogP contribution in [0.15, 0.2) is 41.5 Å². The molecule has 0 bridgehead atoms. The zero-order chi connectivity index (χ0) is 31.7. The number of benzene rings is 1. The lowest BCUT2D eigenvalue weighted by atomic mass is 9.45. The highest BCUT2D eigenvalue weighted by Crippen LogP contribution is 2.68. The summed E-state index contributed by atoms with van der Waals surface area (Å²) in [4.78, 5) is 31.8. The smallest absolute Gasteiger partial charge is 0.352 e. The molecule has 2 heterocycles. The molecule has 0 radical (unpaired) electrons. The molecule has 234 valence electrons. The summed E-state index contributed by atoms with van der Waals surface area (Å²) in [6.07, 6.45) is 6.76. The third-order valence-corrected chi connectivity index (χ3v) is 12.3. The van der Waals surface area contributed by atoms with Gasteiger partial charge >= 0.3 is 11.9 Å². The van der Waals surface area contributed by atoms with Crippen molar-refractivity contribution >= 4 is 29.4 Å². The van der Waals surface area contributed by atoms with E-state index in [1.54, 1.807) is 24.6 Å². The Kier molecular flexibility index (Phi) is 7.02. The van der Waals surface area contributed by atoms with Gasteiger partial charge in [0.15, 0.2) is 6.61 Å². The first-order valence-corrected chi connectivity index (χ1v) is 16.3. The molecule has 4 aliphatic carbocycles. The second-order valence-corrected chi connectivity index (χ2v) is 14.3. The number of esters is 2. The first kappa shape index (κ1) is 29.8. The Labute approximate surface area is 264 Å². The maximum Gasteiger partial charge on any atom is 0.352 e. The highest BCUT2D eigenvalue weighted by Gasteiger charge is 2.71. The summed E-state index contributed by atoms with van der Waals surface area (Å²) >= 11 is 1.15. The van der Waals surface area contributed by atoms with Crippen molar-refractivity contribution in [2.75, 3.05) is 6.61 Å². The Morgan fingerprint density at radius 3 is 2.73 bits per heavy atom. The predicted molar refractivity (Wildman–Crippen MR) is 163 cm³/mol. The third-order valence-electron chi connectivity index (χ3n) is 11.4. The van der Waals surface area contributed by atoms with Gasteiger partial charge in [0.1, 0.15) is 16.8 Å². The van der Waals surface area contributed by atoms with Crippen LogP contribution in [0.5, 0.6) is 0 Å². The largest absolute Gasteiger partial charge is 0.447 e. The van der Waals surface area contributed by atoms with Crippen molar-refractivity contribution in [1.82, 2.24) is 14.8 Å². The molecule has 7 rings (SSSR count). The summed E-state index contributed by atoms with van der Waals surface area (Å²) < 4.78 is 27.1. The molecule has 11 heteroatoms. The molecular formula is C34H35FN4O5S. The van der Waals surface area contributed by atoms with E-state index in [2.05, 4.69) is 23.1 Å². The van der Waals surface area contributed by atoms with Crippen LogP contribution in [0.3, 0.4) is 0 Å². The molecule has 0 spiro atoms. The molecule has 45 heavy (non-hydrogen) atoms. The maximum atomic E-state index is 13.8. The number of aromatic nitrogens is 3. The molecule has 7 atom stereocenters. The van der Waals surface area contributed by atoms with Gasteiger partial charge in [0.2, 0.25) is 5.60 Å². The number of aliphatic hydroxyl groups is 1. The van der Waals surface area contributed by atoms with E-state index in [1.807, 2.05) is 23.9 Å². The fourth-order valence-electron chi connectivity index (χ4n) is 9.42. The van der Waals surface area contributed by atoms with E-state index < -0.39 is 35.7 Å².